The van der Waals surface area contributed by atoms with Crippen molar-refractivity contribution in [1.82, 2.24) is 9.80 Å². The first-order valence-electron chi connectivity index (χ1n) is 9.92. The van der Waals surface area contributed by atoms with Gasteiger partial charge in [-0.25, -0.2) is 0 Å². The number of carbonyl (C=O) groups is 2. The summed E-state index contributed by atoms with van der Waals surface area (Å²) in [5.74, 6) is 0.206. The fourth-order valence-electron chi connectivity index (χ4n) is 4.58. The number of nitrogens with one attached hydrogen (secondary N) is 2. The van der Waals surface area contributed by atoms with Crippen molar-refractivity contribution in [2.45, 2.75) is 31.2 Å². The van der Waals surface area contributed by atoms with Gasteiger partial charge in [-0.3, -0.25) is 9.59 Å². The van der Waals surface area contributed by atoms with E-state index in [4.69, 9.17) is 5.11 Å². The molecule has 0 saturated carbocycles. The quantitative estimate of drug-likeness (QED) is 0.740. The highest BCUT2D eigenvalue weighted by molar-refractivity contribution is 6.06. The smallest absolute Gasteiger partial charge is 0.250 e. The number of likely N-dealkylation sites (tertiary alicyclic amines) is 2. The van der Waals surface area contributed by atoms with Gasteiger partial charge in [-0.05, 0) is 44.4 Å². The summed E-state index contributed by atoms with van der Waals surface area (Å²) in [7, 11) is 0. The van der Waals surface area contributed by atoms with Gasteiger partial charge in [0.2, 0.25) is 11.8 Å². The summed E-state index contributed by atoms with van der Waals surface area (Å²) in [5, 5.41) is 15.6. The van der Waals surface area contributed by atoms with E-state index in [1.54, 1.807) is 0 Å². The zero-order chi connectivity index (χ0) is 18.9. The van der Waals surface area contributed by atoms with Crippen molar-refractivity contribution in [3.63, 3.8) is 0 Å². The molecule has 146 valence electrons. The largest absolute Gasteiger partial charge is 0.395 e. The fraction of sp³-hybridized carbons (Fsp3) is 0.600. The molecule has 27 heavy (non-hydrogen) atoms. The fourth-order valence-corrected chi connectivity index (χ4v) is 4.58. The summed E-state index contributed by atoms with van der Waals surface area (Å²) in [4.78, 5) is 29.8. The van der Waals surface area contributed by atoms with Crippen LogP contribution in [0, 0.1) is 5.92 Å². The molecule has 1 aromatic carbocycles. The van der Waals surface area contributed by atoms with Crippen LogP contribution in [0.1, 0.15) is 25.7 Å². The molecule has 0 bridgehead atoms. The number of hydrogen-bond donors (Lipinski definition) is 3. The first kappa shape index (κ1) is 18.3. The number of β-amino-alcohol motifs (C(OH)–C–C–N with tert-alkyl or cyclic N) is 1. The maximum atomic E-state index is 13.0. The molecule has 2 fully saturated rings. The molecule has 0 unspecified atom stereocenters. The second kappa shape index (κ2) is 7.48. The van der Waals surface area contributed by atoms with E-state index >= 15 is 0 Å². The average molecular weight is 372 g/mol. The Morgan fingerprint density at radius 2 is 1.93 bits per heavy atom. The molecule has 1 atom stereocenters. The molecule has 2 amide bonds. The van der Waals surface area contributed by atoms with Gasteiger partial charge in [0, 0.05) is 26.2 Å². The average Bonchev–Trinajstić information content (AvgIpc) is 2.69. The number of hydrogen-bond acceptors (Lipinski definition) is 5. The lowest BCUT2D eigenvalue weighted by atomic mass is 9.83. The lowest BCUT2D eigenvalue weighted by molar-refractivity contribution is -0.140. The number of rotatable bonds is 3. The van der Waals surface area contributed by atoms with Crippen LogP contribution in [0.4, 0.5) is 11.4 Å². The molecule has 0 radical (unpaired) electrons. The minimum absolute atomic E-state index is 0.0000799. The van der Waals surface area contributed by atoms with Crippen molar-refractivity contribution < 1.29 is 14.7 Å². The van der Waals surface area contributed by atoms with Crippen LogP contribution in [-0.2, 0) is 9.59 Å². The van der Waals surface area contributed by atoms with E-state index in [1.807, 2.05) is 29.2 Å². The molecule has 1 aromatic rings. The van der Waals surface area contributed by atoms with E-state index < -0.39 is 5.54 Å². The number of anilines is 2. The van der Waals surface area contributed by atoms with E-state index in [1.165, 1.54) is 0 Å². The second-order valence-corrected chi connectivity index (χ2v) is 7.90. The maximum absolute atomic E-state index is 13.0. The molecular formula is C20H28N4O3. The van der Waals surface area contributed by atoms with Crippen LogP contribution in [0.3, 0.4) is 0 Å². The Labute approximate surface area is 159 Å². The second-order valence-electron chi connectivity index (χ2n) is 7.90. The number of carbonyl (C=O) groups excluding carboxylic acids is 2. The number of aliphatic hydroxyl groups excluding tert-OH is 1. The minimum Gasteiger partial charge on any atom is -0.395 e. The minimum atomic E-state index is -0.624. The van der Waals surface area contributed by atoms with Gasteiger partial charge in [-0.2, -0.15) is 0 Å². The van der Waals surface area contributed by atoms with Crippen LogP contribution < -0.4 is 10.6 Å². The van der Waals surface area contributed by atoms with Crippen LogP contribution >= 0.6 is 0 Å². The van der Waals surface area contributed by atoms with Gasteiger partial charge in [0.1, 0.15) is 5.54 Å². The van der Waals surface area contributed by atoms with Crippen LogP contribution in [0.2, 0.25) is 0 Å². The Kier molecular flexibility index (Phi) is 5.06. The van der Waals surface area contributed by atoms with E-state index in [0.29, 0.717) is 32.5 Å². The number of fused-ring (bicyclic) bond motifs is 1. The first-order valence-corrected chi connectivity index (χ1v) is 9.92. The van der Waals surface area contributed by atoms with Crippen molar-refractivity contribution in [1.29, 1.82) is 0 Å². The molecular weight excluding hydrogens is 344 g/mol. The summed E-state index contributed by atoms with van der Waals surface area (Å²) in [6, 6.07) is 7.74. The van der Waals surface area contributed by atoms with Gasteiger partial charge >= 0.3 is 0 Å². The number of nitrogens with zero attached hydrogens (tertiary/aromatic N) is 2. The summed E-state index contributed by atoms with van der Waals surface area (Å²) < 4.78 is 0. The SMILES string of the molecule is O=C([C@H]1CCCN(CCO)C1)N1CCC2(CC1)Nc1ccccc1NC2=O. The molecule has 2 saturated heterocycles. The van der Waals surface area contributed by atoms with Gasteiger partial charge in [-0.1, -0.05) is 12.1 Å². The molecule has 7 heteroatoms. The predicted octanol–water partition coefficient (Wildman–Crippen LogP) is 1.12. The van der Waals surface area contributed by atoms with Crippen molar-refractivity contribution in [3.05, 3.63) is 24.3 Å². The van der Waals surface area contributed by atoms with E-state index in [-0.39, 0.29) is 24.3 Å². The lowest BCUT2D eigenvalue weighted by Gasteiger charge is -2.45. The van der Waals surface area contributed by atoms with Gasteiger partial charge < -0.3 is 25.5 Å². The number of aliphatic hydroxyl groups is 1. The third-order valence-electron chi connectivity index (χ3n) is 6.18. The van der Waals surface area contributed by atoms with Crippen LogP contribution in [0.25, 0.3) is 0 Å². The number of para-hydroxylation sites is 2. The predicted molar refractivity (Wildman–Crippen MR) is 103 cm³/mol. The van der Waals surface area contributed by atoms with E-state index in [0.717, 1.165) is 37.3 Å². The summed E-state index contributed by atoms with van der Waals surface area (Å²) in [6.45, 7) is 3.64. The third kappa shape index (κ3) is 3.53. The Morgan fingerprint density at radius 3 is 2.67 bits per heavy atom. The highest BCUT2D eigenvalue weighted by Gasteiger charge is 2.45. The molecule has 1 spiro atoms. The third-order valence-corrected chi connectivity index (χ3v) is 6.18. The Balaban J connectivity index is 1.39. The molecule has 4 rings (SSSR count). The van der Waals surface area contributed by atoms with Crippen molar-refractivity contribution in [3.8, 4) is 0 Å². The summed E-state index contributed by atoms with van der Waals surface area (Å²) >= 11 is 0. The number of benzene rings is 1. The molecule has 3 heterocycles. The Bertz CT molecular complexity index is 713. The van der Waals surface area contributed by atoms with E-state index in [9.17, 15) is 9.59 Å². The maximum Gasteiger partial charge on any atom is 0.250 e. The lowest BCUT2D eigenvalue weighted by Crippen LogP contribution is -2.60. The van der Waals surface area contributed by atoms with Gasteiger partial charge in [0.15, 0.2) is 0 Å². The Hall–Kier alpha value is -2.12. The summed E-state index contributed by atoms with van der Waals surface area (Å²) in [5.41, 5.74) is 1.14. The highest BCUT2D eigenvalue weighted by Crippen LogP contribution is 2.36. The van der Waals surface area contributed by atoms with Crippen LogP contribution in [0.5, 0.6) is 0 Å². The number of amides is 2. The van der Waals surface area contributed by atoms with Crippen LogP contribution in [0.15, 0.2) is 24.3 Å². The zero-order valence-corrected chi connectivity index (χ0v) is 15.6. The van der Waals surface area contributed by atoms with Crippen molar-refractivity contribution in [2.75, 3.05) is 50.0 Å². The molecule has 0 aromatic heterocycles. The molecule has 3 N–H and O–H groups in total. The monoisotopic (exact) mass is 372 g/mol. The van der Waals surface area contributed by atoms with Gasteiger partial charge in [0.05, 0.1) is 23.9 Å². The van der Waals surface area contributed by atoms with Crippen molar-refractivity contribution in [2.24, 2.45) is 5.92 Å². The zero-order valence-electron chi connectivity index (χ0n) is 15.6. The van der Waals surface area contributed by atoms with Crippen molar-refractivity contribution >= 4 is 23.2 Å². The van der Waals surface area contributed by atoms with Gasteiger partial charge in [0.25, 0.3) is 0 Å². The number of piperidine rings is 2. The topological polar surface area (TPSA) is 84.9 Å². The Morgan fingerprint density at radius 1 is 1.19 bits per heavy atom. The molecule has 7 nitrogen and oxygen atoms in total. The van der Waals surface area contributed by atoms with Crippen LogP contribution in [-0.4, -0.2) is 71.6 Å². The summed E-state index contributed by atoms with van der Waals surface area (Å²) in [6.07, 6.45) is 3.14. The normalized spacial score (nSPS) is 24.9. The van der Waals surface area contributed by atoms with Gasteiger partial charge in [-0.15, -0.1) is 0 Å². The van der Waals surface area contributed by atoms with E-state index in [2.05, 4.69) is 15.5 Å². The highest BCUT2D eigenvalue weighted by atomic mass is 16.3. The molecule has 3 aliphatic heterocycles. The molecule has 3 aliphatic rings. The molecule has 0 aliphatic carbocycles. The first-order chi connectivity index (χ1) is 13.1. The standard InChI is InChI=1S/C20H28N4O3/c25-13-12-23-9-3-4-15(14-23)18(26)24-10-7-20(8-11-24)19(27)21-16-5-1-2-6-17(16)22-20/h1-2,5-6,15,22,25H,3-4,7-14H2,(H,21,27)/t15-/m0/s1.